The van der Waals surface area contributed by atoms with Crippen LogP contribution in [0.1, 0.15) is 20.9 Å². The zero-order valence-corrected chi connectivity index (χ0v) is 14.5. The predicted octanol–water partition coefficient (Wildman–Crippen LogP) is 3.84. The maximum absolute atomic E-state index is 13.1. The molecule has 2 heterocycles. The Bertz CT molecular complexity index is 887. The highest BCUT2D eigenvalue weighted by Crippen LogP contribution is 2.23. The summed E-state index contributed by atoms with van der Waals surface area (Å²) in [5, 5.41) is 13.2. The summed E-state index contributed by atoms with van der Waals surface area (Å²) in [6.07, 6.45) is 1.91. The van der Waals surface area contributed by atoms with Gasteiger partial charge in [-0.15, -0.1) is 11.3 Å². The molecule has 0 N–H and O–H groups in total. The third kappa shape index (κ3) is 3.77. The molecular formula is C18H17N3O3S. The van der Waals surface area contributed by atoms with Crippen molar-refractivity contribution in [2.24, 2.45) is 7.05 Å². The maximum atomic E-state index is 13.1. The van der Waals surface area contributed by atoms with Gasteiger partial charge in [-0.25, -0.2) is 0 Å². The molecule has 2 aromatic heterocycles. The fourth-order valence-electron chi connectivity index (χ4n) is 2.63. The normalized spacial score (nSPS) is 10.6. The summed E-state index contributed by atoms with van der Waals surface area (Å²) in [7, 11) is 1.91. The number of hydrogen-bond donors (Lipinski definition) is 0. The molecule has 6 nitrogen and oxygen atoms in total. The summed E-state index contributed by atoms with van der Waals surface area (Å²) in [5.41, 5.74) is 0.900. The van der Waals surface area contributed by atoms with Crippen LogP contribution in [-0.4, -0.2) is 20.3 Å². The number of para-hydroxylation sites is 1. The average molecular weight is 355 g/mol. The lowest BCUT2D eigenvalue weighted by atomic mass is 10.1. The molecule has 3 aromatic rings. The van der Waals surface area contributed by atoms with Crippen LogP contribution in [-0.2, 0) is 20.1 Å². The first-order valence-electron chi connectivity index (χ1n) is 7.71. The number of nitrogens with zero attached hydrogens (tertiary/aromatic N) is 3. The highest BCUT2D eigenvalue weighted by Gasteiger charge is 2.25. The van der Waals surface area contributed by atoms with Gasteiger partial charge in [0.05, 0.1) is 18.0 Å². The Morgan fingerprint density at radius 3 is 2.60 bits per heavy atom. The first kappa shape index (κ1) is 16.9. The first-order valence-corrected chi connectivity index (χ1v) is 8.59. The van der Waals surface area contributed by atoms with Gasteiger partial charge in [0.2, 0.25) is 0 Å². The SMILES string of the molecule is Cn1cccc1CN(Cc1cccs1)C(=O)c1ccccc1[N+](=O)[O-]. The van der Waals surface area contributed by atoms with Gasteiger partial charge in [0, 0.05) is 29.9 Å². The van der Waals surface area contributed by atoms with Crippen molar-refractivity contribution in [1.82, 2.24) is 9.47 Å². The lowest BCUT2D eigenvalue weighted by Gasteiger charge is -2.22. The van der Waals surface area contributed by atoms with Crippen LogP contribution in [0.5, 0.6) is 0 Å². The van der Waals surface area contributed by atoms with E-state index < -0.39 is 4.92 Å². The van der Waals surface area contributed by atoms with Gasteiger partial charge >= 0.3 is 0 Å². The van der Waals surface area contributed by atoms with Gasteiger partial charge in [-0.05, 0) is 29.6 Å². The minimum absolute atomic E-state index is 0.110. The predicted molar refractivity (Wildman–Crippen MR) is 96.4 cm³/mol. The molecule has 0 aliphatic carbocycles. The molecule has 0 bridgehead atoms. The molecule has 0 atom stereocenters. The molecule has 0 aliphatic rings. The molecule has 1 amide bonds. The van der Waals surface area contributed by atoms with Crippen LogP contribution in [0.4, 0.5) is 5.69 Å². The molecule has 0 aliphatic heterocycles. The van der Waals surface area contributed by atoms with E-state index in [-0.39, 0.29) is 17.2 Å². The molecule has 0 unspecified atom stereocenters. The summed E-state index contributed by atoms with van der Waals surface area (Å²) in [6, 6.07) is 13.8. The molecule has 3 rings (SSSR count). The van der Waals surface area contributed by atoms with E-state index in [1.165, 1.54) is 12.1 Å². The van der Waals surface area contributed by atoms with Crippen LogP contribution in [0.3, 0.4) is 0 Å². The molecule has 0 saturated heterocycles. The van der Waals surface area contributed by atoms with E-state index in [4.69, 9.17) is 0 Å². The summed E-state index contributed by atoms with van der Waals surface area (Å²) >= 11 is 1.56. The Morgan fingerprint density at radius 1 is 1.16 bits per heavy atom. The van der Waals surface area contributed by atoms with Crippen molar-refractivity contribution in [2.75, 3.05) is 0 Å². The lowest BCUT2D eigenvalue weighted by molar-refractivity contribution is -0.385. The second kappa shape index (κ2) is 7.31. The van der Waals surface area contributed by atoms with Crippen molar-refractivity contribution in [3.63, 3.8) is 0 Å². The van der Waals surface area contributed by atoms with Gasteiger partial charge in [0.1, 0.15) is 5.56 Å². The highest BCUT2D eigenvalue weighted by atomic mass is 32.1. The van der Waals surface area contributed by atoms with Gasteiger partial charge < -0.3 is 9.47 Å². The molecule has 0 radical (unpaired) electrons. The van der Waals surface area contributed by atoms with Gasteiger partial charge in [0.25, 0.3) is 11.6 Å². The number of benzene rings is 1. The van der Waals surface area contributed by atoms with Crippen molar-refractivity contribution in [3.8, 4) is 0 Å². The van der Waals surface area contributed by atoms with Crippen molar-refractivity contribution in [2.45, 2.75) is 13.1 Å². The molecule has 25 heavy (non-hydrogen) atoms. The Balaban J connectivity index is 1.94. The minimum Gasteiger partial charge on any atom is -0.353 e. The quantitative estimate of drug-likeness (QED) is 0.498. The van der Waals surface area contributed by atoms with Crippen LogP contribution in [0.2, 0.25) is 0 Å². The first-order chi connectivity index (χ1) is 12.1. The van der Waals surface area contributed by atoms with Gasteiger partial charge in [-0.2, -0.15) is 0 Å². The average Bonchev–Trinajstić information content (AvgIpc) is 3.26. The van der Waals surface area contributed by atoms with Crippen LogP contribution in [0.25, 0.3) is 0 Å². The number of rotatable bonds is 6. The van der Waals surface area contributed by atoms with E-state index in [0.29, 0.717) is 13.1 Å². The molecule has 128 valence electrons. The molecule has 0 fully saturated rings. The summed E-state index contributed by atoms with van der Waals surface area (Å²) in [4.78, 5) is 26.5. The second-order valence-corrected chi connectivity index (χ2v) is 6.66. The zero-order chi connectivity index (χ0) is 17.8. The Labute approximate surface area is 149 Å². The summed E-state index contributed by atoms with van der Waals surface area (Å²) in [6.45, 7) is 0.792. The number of carbonyl (C=O) groups excluding carboxylic acids is 1. The number of aromatic nitrogens is 1. The van der Waals surface area contributed by atoms with Crippen LogP contribution >= 0.6 is 11.3 Å². The molecule has 0 saturated carbocycles. The number of nitro groups is 1. The Hall–Kier alpha value is -2.93. The number of aryl methyl sites for hydroxylation is 1. The topological polar surface area (TPSA) is 68.4 Å². The number of hydrogen-bond acceptors (Lipinski definition) is 4. The number of thiophene rings is 1. The van der Waals surface area contributed by atoms with Crippen LogP contribution < -0.4 is 0 Å². The highest BCUT2D eigenvalue weighted by molar-refractivity contribution is 7.09. The fourth-order valence-corrected chi connectivity index (χ4v) is 3.35. The summed E-state index contributed by atoms with van der Waals surface area (Å²) in [5.74, 6) is -0.345. The largest absolute Gasteiger partial charge is 0.353 e. The van der Waals surface area contributed by atoms with Crippen LogP contribution in [0, 0.1) is 10.1 Å². The monoisotopic (exact) mass is 355 g/mol. The fraction of sp³-hybridized carbons (Fsp3) is 0.167. The smallest absolute Gasteiger partial charge is 0.282 e. The van der Waals surface area contributed by atoms with Gasteiger partial charge in [-0.1, -0.05) is 18.2 Å². The van der Waals surface area contributed by atoms with Crippen molar-refractivity contribution < 1.29 is 9.72 Å². The van der Waals surface area contributed by atoms with Gasteiger partial charge in [0.15, 0.2) is 0 Å². The van der Waals surface area contributed by atoms with Gasteiger partial charge in [-0.3, -0.25) is 14.9 Å². The number of nitro benzene ring substituents is 1. The third-order valence-corrected chi connectivity index (χ3v) is 4.81. The number of carbonyl (C=O) groups is 1. The van der Waals surface area contributed by atoms with E-state index in [9.17, 15) is 14.9 Å². The van der Waals surface area contributed by atoms with E-state index in [1.807, 2.05) is 47.5 Å². The Morgan fingerprint density at radius 2 is 1.96 bits per heavy atom. The summed E-state index contributed by atoms with van der Waals surface area (Å²) < 4.78 is 1.94. The minimum atomic E-state index is -0.515. The molecule has 1 aromatic carbocycles. The van der Waals surface area contributed by atoms with Crippen molar-refractivity contribution in [3.05, 3.63) is 86.4 Å². The van der Waals surface area contributed by atoms with E-state index in [2.05, 4.69) is 0 Å². The lowest BCUT2D eigenvalue weighted by Crippen LogP contribution is -2.31. The van der Waals surface area contributed by atoms with Crippen molar-refractivity contribution in [1.29, 1.82) is 0 Å². The number of amides is 1. The Kier molecular flexibility index (Phi) is 4.95. The standard InChI is InChI=1S/C18H17N3O3S/c1-19-10-4-6-14(19)12-20(13-15-7-5-11-25-15)18(22)16-8-2-3-9-17(16)21(23)24/h2-11H,12-13H2,1H3. The van der Waals surface area contributed by atoms with E-state index in [1.54, 1.807) is 28.4 Å². The molecule has 0 spiro atoms. The molecule has 7 heteroatoms. The van der Waals surface area contributed by atoms with E-state index in [0.717, 1.165) is 10.6 Å². The van der Waals surface area contributed by atoms with Crippen LogP contribution in [0.15, 0.2) is 60.1 Å². The zero-order valence-electron chi connectivity index (χ0n) is 13.7. The molecular weight excluding hydrogens is 338 g/mol. The van der Waals surface area contributed by atoms with Crippen molar-refractivity contribution >= 4 is 22.9 Å². The second-order valence-electron chi connectivity index (χ2n) is 5.63. The maximum Gasteiger partial charge on any atom is 0.282 e. The third-order valence-electron chi connectivity index (χ3n) is 3.95. The van der Waals surface area contributed by atoms with E-state index >= 15 is 0 Å².